The smallest absolute Gasteiger partial charge is 0.387 e. The van der Waals surface area contributed by atoms with Crippen molar-refractivity contribution in [1.29, 1.82) is 0 Å². The number of phosphoric acid groups is 2. The summed E-state index contributed by atoms with van der Waals surface area (Å²) in [5, 5.41) is 29.9. The van der Waals surface area contributed by atoms with Crippen LogP contribution in [0.4, 0.5) is 10.6 Å². The van der Waals surface area contributed by atoms with Crippen LogP contribution < -0.4 is 21.7 Å². The van der Waals surface area contributed by atoms with Gasteiger partial charge in [-0.25, -0.2) is 28.9 Å². The Labute approximate surface area is 289 Å². The predicted molar refractivity (Wildman–Crippen MR) is 174 cm³/mol. The molecule has 3 saturated heterocycles. The number of urea groups is 1. The van der Waals surface area contributed by atoms with E-state index in [1.165, 1.54) is 10.9 Å². The van der Waals surface area contributed by atoms with Crippen LogP contribution in [-0.2, 0) is 36.8 Å². The number of nitrogens with two attached hydrogens (primary N) is 1. The number of nitrogens with zero attached hydrogens (tertiary/aromatic N) is 4. The van der Waals surface area contributed by atoms with Gasteiger partial charge in [0, 0.05) is 30.4 Å². The summed E-state index contributed by atoms with van der Waals surface area (Å²) in [7, 11) is -10.8. The molecule has 2 aromatic rings. The molecule has 21 nitrogen and oxygen atoms in total. The largest absolute Gasteiger partial charge is 0.538 e. The number of hydrogen-bond donors (Lipinski definition) is 8. The number of fused-ring (bicyclic) bond motifs is 2. The highest BCUT2D eigenvalue weighted by atomic mass is 32.2. The molecule has 5 heterocycles. The van der Waals surface area contributed by atoms with E-state index in [0.29, 0.717) is 31.1 Å². The first kappa shape index (κ1) is 38.3. The Kier molecular flexibility index (Phi) is 12.7. The summed E-state index contributed by atoms with van der Waals surface area (Å²) in [5.74, 6) is -0.316. The van der Waals surface area contributed by atoms with Gasteiger partial charge in [0.2, 0.25) is 5.91 Å². The van der Waals surface area contributed by atoms with E-state index in [1.807, 2.05) is 11.8 Å². The van der Waals surface area contributed by atoms with Crippen molar-refractivity contribution in [2.75, 3.05) is 24.6 Å². The van der Waals surface area contributed by atoms with Gasteiger partial charge in [-0.05, 0) is 25.7 Å². The number of rotatable bonds is 18. The van der Waals surface area contributed by atoms with Crippen molar-refractivity contribution in [3.8, 4) is 0 Å². The minimum absolute atomic E-state index is 0.0611. The number of ether oxygens (including phenoxy) is 1. The standard InChI is InChI=1S/C26H40N8O13P2S/c27-23-20-24(30-12-29-23)34(13-31-20)25-22(38)21(37)15(45-25)10-44-48(40,41)47-49(42,43)46-18(36)8-2-1-5-9-28-17(35)7-4-3-6-16-19-14(11-50-16)32-26(39)33-19/h12-16,19,21-22,25,37-38H,1-11H2,(H,28,35)(H,40,41)(H,42,43)(H2,27,29,30)(H2,32,33,39)/t14-,15+,16-,19-,21?,22?,25+/m0/s1. The number of amides is 3. The van der Waals surface area contributed by atoms with Crippen LogP contribution in [0.3, 0.4) is 0 Å². The molecule has 278 valence electrons. The second-order valence-corrected chi connectivity index (χ2v) is 16.2. The number of thioether (sulfide) groups is 1. The summed E-state index contributed by atoms with van der Waals surface area (Å²) in [6.45, 7) is -0.504. The molecule has 24 heteroatoms. The average Bonchev–Trinajstić information content (AvgIpc) is 3.79. The van der Waals surface area contributed by atoms with Gasteiger partial charge < -0.3 is 46.1 Å². The quantitative estimate of drug-likeness (QED) is 0.0571. The zero-order valence-electron chi connectivity index (χ0n) is 26.6. The number of anilines is 1. The lowest BCUT2D eigenvalue weighted by molar-refractivity contribution is -0.135. The van der Waals surface area contributed by atoms with Gasteiger partial charge in [-0.3, -0.25) is 23.6 Å². The van der Waals surface area contributed by atoms with Crippen LogP contribution in [0.15, 0.2) is 12.7 Å². The zero-order chi connectivity index (χ0) is 36.1. The molecule has 3 aliphatic rings. The molecule has 3 aliphatic heterocycles. The Hall–Kier alpha value is -2.91. The minimum atomic E-state index is -5.40. The molecule has 5 rings (SSSR count). The number of hydrogen-bond acceptors (Lipinski definition) is 16. The summed E-state index contributed by atoms with van der Waals surface area (Å²) < 4.78 is 44.6. The Bertz CT molecular complexity index is 1640. The number of aliphatic hydroxyl groups excluding tert-OH is 2. The lowest BCUT2D eigenvalue weighted by atomic mass is 10.0. The molecule has 50 heavy (non-hydrogen) atoms. The van der Waals surface area contributed by atoms with E-state index < -0.39 is 52.8 Å². The monoisotopic (exact) mass is 766 g/mol. The molecule has 0 aliphatic carbocycles. The van der Waals surface area contributed by atoms with E-state index >= 15 is 0 Å². The first-order chi connectivity index (χ1) is 23.7. The van der Waals surface area contributed by atoms with Crippen LogP contribution in [0.5, 0.6) is 0 Å². The number of nitrogens with one attached hydrogen (secondary N) is 3. The fourth-order valence-electron chi connectivity index (χ4n) is 5.83. The van der Waals surface area contributed by atoms with Crippen LogP contribution in [0, 0.1) is 0 Å². The molecular weight excluding hydrogens is 726 g/mol. The van der Waals surface area contributed by atoms with Crippen LogP contribution in [0.2, 0.25) is 0 Å². The van der Waals surface area contributed by atoms with Gasteiger partial charge >= 0.3 is 27.6 Å². The van der Waals surface area contributed by atoms with E-state index in [4.69, 9.17) is 10.5 Å². The zero-order valence-corrected chi connectivity index (χ0v) is 29.2. The Morgan fingerprint density at radius 3 is 2.64 bits per heavy atom. The number of aromatic nitrogens is 4. The lowest BCUT2D eigenvalue weighted by Crippen LogP contribution is -2.36. The third-order valence-electron chi connectivity index (χ3n) is 8.28. The number of imidazole rings is 1. The Balaban J connectivity index is 0.930. The molecule has 3 amide bonds. The third kappa shape index (κ3) is 9.90. The van der Waals surface area contributed by atoms with Crippen LogP contribution in [0.25, 0.3) is 11.2 Å². The fourth-order valence-corrected chi connectivity index (χ4v) is 9.42. The van der Waals surface area contributed by atoms with Crippen LogP contribution >= 0.6 is 27.4 Å². The lowest BCUT2D eigenvalue weighted by Gasteiger charge is -2.19. The van der Waals surface area contributed by atoms with Crippen molar-refractivity contribution in [2.45, 2.75) is 93.2 Å². The molecule has 0 saturated carbocycles. The highest BCUT2D eigenvalue weighted by Crippen LogP contribution is 2.60. The van der Waals surface area contributed by atoms with Gasteiger partial charge in [0.15, 0.2) is 17.7 Å². The number of carbonyl (C=O) groups is 3. The molecule has 0 aromatic carbocycles. The second-order valence-electron chi connectivity index (χ2n) is 11.9. The van der Waals surface area contributed by atoms with Gasteiger partial charge in [-0.15, -0.1) is 0 Å². The molecule has 0 bridgehead atoms. The van der Waals surface area contributed by atoms with Crippen LogP contribution in [-0.4, -0.2) is 112 Å². The summed E-state index contributed by atoms with van der Waals surface area (Å²) in [4.78, 5) is 67.4. The van der Waals surface area contributed by atoms with Gasteiger partial charge in [-0.1, -0.05) is 12.8 Å². The molecule has 9 N–H and O–H groups in total. The normalized spacial score (nSPS) is 28.4. The Morgan fingerprint density at radius 1 is 1.06 bits per heavy atom. The number of aliphatic hydroxyl groups is 2. The Morgan fingerprint density at radius 2 is 1.84 bits per heavy atom. The predicted octanol–water partition coefficient (Wildman–Crippen LogP) is 0.207. The third-order valence-corrected chi connectivity index (χ3v) is 12.4. The van der Waals surface area contributed by atoms with Crippen molar-refractivity contribution in [1.82, 2.24) is 35.5 Å². The van der Waals surface area contributed by atoms with Crippen molar-refractivity contribution in [2.24, 2.45) is 0 Å². The maximum atomic E-state index is 12.3. The van der Waals surface area contributed by atoms with Crippen molar-refractivity contribution in [3.63, 3.8) is 0 Å². The molecule has 9 atom stereocenters. The van der Waals surface area contributed by atoms with Gasteiger partial charge in [0.05, 0.1) is 25.0 Å². The van der Waals surface area contributed by atoms with E-state index in [-0.39, 0.29) is 53.8 Å². The molecule has 2 aromatic heterocycles. The topological polar surface area (TPSA) is 309 Å². The molecule has 0 spiro atoms. The maximum Gasteiger partial charge on any atom is 0.538 e. The number of phosphoric ester groups is 2. The fraction of sp³-hybridized carbons (Fsp3) is 0.692. The minimum Gasteiger partial charge on any atom is -0.387 e. The van der Waals surface area contributed by atoms with E-state index in [1.54, 1.807) is 0 Å². The summed E-state index contributed by atoms with van der Waals surface area (Å²) in [6.07, 6.45) is 0.311. The van der Waals surface area contributed by atoms with E-state index in [2.05, 4.69) is 44.3 Å². The van der Waals surface area contributed by atoms with Crippen molar-refractivity contribution in [3.05, 3.63) is 12.7 Å². The number of nitrogen functional groups attached to an aromatic ring is 1. The highest BCUT2D eigenvalue weighted by Gasteiger charge is 2.47. The molecule has 0 radical (unpaired) electrons. The van der Waals surface area contributed by atoms with E-state index in [9.17, 15) is 43.5 Å². The summed E-state index contributed by atoms with van der Waals surface area (Å²) >= 11 is 1.83. The highest BCUT2D eigenvalue weighted by molar-refractivity contribution is 8.00. The van der Waals surface area contributed by atoms with Crippen LogP contribution in [0.1, 0.15) is 57.6 Å². The molecule has 3 fully saturated rings. The van der Waals surface area contributed by atoms with E-state index in [0.717, 1.165) is 31.3 Å². The molecular formula is C26H40N8O13P2S. The first-order valence-electron chi connectivity index (χ1n) is 15.9. The van der Waals surface area contributed by atoms with Crippen molar-refractivity contribution < 1.29 is 61.6 Å². The SMILES string of the molecule is Nc1ncnc2c1ncn2[C@@H]1O[C@H](COP(=O)(O)OP(=O)(O)OC(=O)CCCCCNC(=O)CCCC[C@@H]2SC[C@@H]3NC(=O)N[C@@H]32)C(O)C1O. The maximum absolute atomic E-state index is 12.3. The summed E-state index contributed by atoms with van der Waals surface area (Å²) in [6, 6.07) is 0.184. The van der Waals surface area contributed by atoms with Gasteiger partial charge in [0.1, 0.15) is 30.2 Å². The number of carbonyl (C=O) groups excluding carboxylic acids is 3. The average molecular weight is 767 g/mol. The number of unbranched alkanes of at least 4 members (excludes halogenated alkanes) is 3. The first-order valence-corrected chi connectivity index (χ1v) is 19.9. The summed E-state index contributed by atoms with van der Waals surface area (Å²) in [5.41, 5.74) is 6.14. The van der Waals surface area contributed by atoms with Gasteiger partial charge in [0.25, 0.3) is 0 Å². The second kappa shape index (κ2) is 16.6. The molecule has 4 unspecified atom stereocenters. The van der Waals surface area contributed by atoms with Gasteiger partial charge in [-0.2, -0.15) is 16.1 Å². The van der Waals surface area contributed by atoms with Crippen molar-refractivity contribution >= 4 is 62.3 Å².